The van der Waals surface area contributed by atoms with Gasteiger partial charge in [0.25, 0.3) is 11.5 Å². The van der Waals surface area contributed by atoms with Gasteiger partial charge in [0.1, 0.15) is 0 Å². The van der Waals surface area contributed by atoms with Crippen molar-refractivity contribution in [1.29, 1.82) is 0 Å². The van der Waals surface area contributed by atoms with Crippen molar-refractivity contribution >= 4 is 33.3 Å². The van der Waals surface area contributed by atoms with Gasteiger partial charge in [0.2, 0.25) is 15.2 Å². The van der Waals surface area contributed by atoms with Crippen molar-refractivity contribution < 1.29 is 13.3 Å². The van der Waals surface area contributed by atoms with Gasteiger partial charge >= 0.3 is 0 Å². The number of hydrogen-bond donors (Lipinski definition) is 1. The fraction of sp³-hybridized carbons (Fsp3) is 0.214. The van der Waals surface area contributed by atoms with Crippen LogP contribution in [0.3, 0.4) is 0 Å². The van der Waals surface area contributed by atoms with E-state index in [9.17, 15) is 18.5 Å². The lowest BCUT2D eigenvalue weighted by atomic mass is 10.3. The first-order valence-electron chi connectivity index (χ1n) is 7.32. The highest BCUT2D eigenvalue weighted by atomic mass is 32.2. The SMILES string of the molecule is CNS(=O)(=O)c1ccc(Sc2nc3nc(C)cc(C)n3n2)c([N+](=O)[O-])c1. The van der Waals surface area contributed by atoms with Crippen molar-refractivity contribution in [2.24, 2.45) is 0 Å². The third-order valence-electron chi connectivity index (χ3n) is 3.51. The summed E-state index contributed by atoms with van der Waals surface area (Å²) >= 11 is 0.970. The van der Waals surface area contributed by atoms with E-state index in [1.165, 1.54) is 19.2 Å². The van der Waals surface area contributed by atoms with Crippen LogP contribution in [-0.2, 0) is 10.0 Å². The van der Waals surface area contributed by atoms with E-state index in [1.54, 1.807) is 4.52 Å². The second kappa shape index (κ2) is 6.63. The number of benzene rings is 1. The topological polar surface area (TPSA) is 132 Å². The minimum atomic E-state index is -3.78. The van der Waals surface area contributed by atoms with E-state index in [0.717, 1.165) is 29.2 Å². The largest absolute Gasteiger partial charge is 0.284 e. The molecule has 0 amide bonds. The third kappa shape index (κ3) is 3.38. The average molecular weight is 394 g/mol. The summed E-state index contributed by atoms with van der Waals surface area (Å²) in [4.78, 5) is 19.3. The number of aromatic nitrogens is 4. The molecule has 0 bridgehead atoms. The van der Waals surface area contributed by atoms with E-state index >= 15 is 0 Å². The number of fused-ring (bicyclic) bond motifs is 1. The molecule has 1 aromatic carbocycles. The predicted octanol–water partition coefficient (Wildman–Crippen LogP) is 1.71. The summed E-state index contributed by atoms with van der Waals surface area (Å²) in [5, 5.41) is 15.9. The summed E-state index contributed by atoms with van der Waals surface area (Å²) in [6, 6.07) is 5.52. The number of sulfonamides is 1. The van der Waals surface area contributed by atoms with Crippen molar-refractivity contribution in [3.8, 4) is 0 Å². The zero-order valence-corrected chi connectivity index (χ0v) is 15.6. The lowest BCUT2D eigenvalue weighted by molar-refractivity contribution is -0.388. The molecule has 3 aromatic rings. The van der Waals surface area contributed by atoms with Crippen LogP contribution in [0.1, 0.15) is 11.4 Å². The molecule has 0 unspecified atom stereocenters. The van der Waals surface area contributed by atoms with E-state index in [1.807, 2.05) is 19.9 Å². The van der Waals surface area contributed by atoms with Crippen LogP contribution >= 0.6 is 11.8 Å². The number of nitrogens with zero attached hydrogens (tertiary/aromatic N) is 5. The minimum absolute atomic E-state index is 0.188. The highest BCUT2D eigenvalue weighted by molar-refractivity contribution is 7.99. The number of nitro benzene ring substituents is 1. The monoisotopic (exact) mass is 394 g/mol. The Morgan fingerprint density at radius 1 is 1.23 bits per heavy atom. The average Bonchev–Trinajstić information content (AvgIpc) is 2.97. The van der Waals surface area contributed by atoms with Gasteiger partial charge in [0, 0.05) is 17.5 Å². The quantitative estimate of drug-likeness (QED) is 0.511. The van der Waals surface area contributed by atoms with Crippen molar-refractivity contribution in [3.63, 3.8) is 0 Å². The van der Waals surface area contributed by atoms with Crippen LogP contribution in [0.2, 0.25) is 0 Å². The number of aryl methyl sites for hydroxylation is 2. The molecule has 0 aliphatic heterocycles. The molecule has 0 saturated carbocycles. The summed E-state index contributed by atoms with van der Waals surface area (Å²) in [5.41, 5.74) is 1.27. The molecule has 0 radical (unpaired) electrons. The van der Waals surface area contributed by atoms with Gasteiger partial charge in [0.05, 0.1) is 14.7 Å². The molecule has 2 aromatic heterocycles. The van der Waals surface area contributed by atoms with Crippen LogP contribution in [0.25, 0.3) is 5.78 Å². The Labute approximate surface area is 152 Å². The zero-order valence-electron chi connectivity index (χ0n) is 14.0. The van der Waals surface area contributed by atoms with Gasteiger partial charge in [-0.05, 0) is 50.9 Å². The fourth-order valence-corrected chi connectivity index (χ4v) is 3.87. The minimum Gasteiger partial charge on any atom is -0.258 e. The molecule has 0 atom stereocenters. The van der Waals surface area contributed by atoms with E-state index in [2.05, 4.69) is 19.8 Å². The van der Waals surface area contributed by atoms with E-state index in [4.69, 9.17) is 0 Å². The molecule has 0 spiro atoms. The van der Waals surface area contributed by atoms with E-state index in [-0.39, 0.29) is 20.6 Å². The Morgan fingerprint density at radius 3 is 2.62 bits per heavy atom. The van der Waals surface area contributed by atoms with Crippen LogP contribution in [0.15, 0.2) is 39.2 Å². The molecule has 0 fully saturated rings. The summed E-state index contributed by atoms with van der Waals surface area (Å²) in [5.74, 6) is 0.391. The molecule has 0 saturated heterocycles. The Hall–Kier alpha value is -2.57. The number of hydrogen-bond acceptors (Lipinski definition) is 8. The second-order valence-electron chi connectivity index (χ2n) is 5.34. The van der Waals surface area contributed by atoms with Gasteiger partial charge in [-0.2, -0.15) is 4.98 Å². The first-order chi connectivity index (χ1) is 12.2. The molecule has 136 valence electrons. The highest BCUT2D eigenvalue weighted by Gasteiger charge is 2.22. The standard InChI is InChI=1S/C14H14N6O4S2/c1-8-6-9(2)19-13(16-8)17-14(18-19)25-12-5-4-10(26(23,24)15-3)7-11(12)20(21)22/h4-7,15H,1-3H3. The molecule has 0 aliphatic rings. The molecule has 12 heteroatoms. The molecular weight excluding hydrogens is 380 g/mol. The van der Waals surface area contributed by atoms with Crippen molar-refractivity contribution in [1.82, 2.24) is 24.3 Å². The van der Waals surface area contributed by atoms with E-state index in [0.29, 0.717) is 5.78 Å². The first-order valence-corrected chi connectivity index (χ1v) is 9.62. The summed E-state index contributed by atoms with van der Waals surface area (Å²) in [6.45, 7) is 3.69. The smallest absolute Gasteiger partial charge is 0.258 e. The lowest BCUT2D eigenvalue weighted by Crippen LogP contribution is -2.18. The molecule has 2 heterocycles. The fourth-order valence-electron chi connectivity index (χ4n) is 2.30. The van der Waals surface area contributed by atoms with Gasteiger partial charge in [-0.25, -0.2) is 22.6 Å². The summed E-state index contributed by atoms with van der Waals surface area (Å²) < 4.78 is 27.4. The maximum atomic E-state index is 11.9. The van der Waals surface area contributed by atoms with E-state index < -0.39 is 14.9 Å². The van der Waals surface area contributed by atoms with Gasteiger partial charge in [0.15, 0.2) is 0 Å². The molecule has 0 aliphatic carbocycles. The van der Waals surface area contributed by atoms with Gasteiger partial charge in [-0.1, -0.05) is 0 Å². The van der Waals surface area contributed by atoms with Crippen LogP contribution < -0.4 is 4.72 Å². The van der Waals surface area contributed by atoms with Crippen LogP contribution in [0.4, 0.5) is 5.69 Å². The Kier molecular flexibility index (Phi) is 4.64. The van der Waals surface area contributed by atoms with Crippen LogP contribution in [-0.4, -0.2) is 40.0 Å². The Balaban J connectivity index is 2.05. The van der Waals surface area contributed by atoms with Crippen LogP contribution in [0, 0.1) is 24.0 Å². The first kappa shape index (κ1) is 18.2. The normalized spacial score (nSPS) is 11.8. The van der Waals surface area contributed by atoms with Crippen molar-refractivity contribution in [2.45, 2.75) is 28.8 Å². The Bertz CT molecular complexity index is 1130. The third-order valence-corrected chi connectivity index (χ3v) is 5.84. The van der Waals surface area contributed by atoms with Crippen LogP contribution in [0.5, 0.6) is 0 Å². The molecule has 26 heavy (non-hydrogen) atoms. The second-order valence-corrected chi connectivity index (χ2v) is 8.24. The molecular formula is C14H14N6O4S2. The summed E-state index contributed by atoms with van der Waals surface area (Å²) in [7, 11) is -2.55. The highest BCUT2D eigenvalue weighted by Crippen LogP contribution is 2.34. The number of nitrogens with one attached hydrogen (secondary N) is 1. The molecule has 10 nitrogen and oxygen atoms in total. The Morgan fingerprint density at radius 2 is 1.96 bits per heavy atom. The molecule has 3 rings (SSSR count). The number of nitro groups is 1. The molecule has 1 N–H and O–H groups in total. The maximum absolute atomic E-state index is 11.9. The van der Waals surface area contributed by atoms with Gasteiger partial charge in [-0.3, -0.25) is 10.1 Å². The number of rotatable bonds is 5. The summed E-state index contributed by atoms with van der Waals surface area (Å²) in [6.07, 6.45) is 0. The predicted molar refractivity (Wildman–Crippen MR) is 93.7 cm³/mol. The van der Waals surface area contributed by atoms with Gasteiger partial charge < -0.3 is 0 Å². The van der Waals surface area contributed by atoms with Crippen molar-refractivity contribution in [3.05, 3.63) is 45.8 Å². The van der Waals surface area contributed by atoms with Gasteiger partial charge in [-0.15, -0.1) is 5.10 Å². The zero-order chi connectivity index (χ0) is 19.1. The maximum Gasteiger partial charge on any atom is 0.284 e. The lowest BCUT2D eigenvalue weighted by Gasteiger charge is -2.04. The van der Waals surface area contributed by atoms with Crippen molar-refractivity contribution in [2.75, 3.05) is 7.05 Å².